The Bertz CT molecular complexity index is 981. The van der Waals surface area contributed by atoms with Gasteiger partial charge in [0.1, 0.15) is 5.82 Å². The molecule has 2 aromatic heterocycles. The molecule has 1 aromatic carbocycles. The van der Waals surface area contributed by atoms with Crippen molar-refractivity contribution in [1.29, 1.82) is 0 Å². The number of hydrogen-bond acceptors (Lipinski definition) is 5. The van der Waals surface area contributed by atoms with E-state index in [9.17, 15) is 9.18 Å². The van der Waals surface area contributed by atoms with E-state index in [0.29, 0.717) is 29.2 Å². The number of urea groups is 1. The van der Waals surface area contributed by atoms with Crippen molar-refractivity contribution in [3.05, 3.63) is 53.2 Å². The molecule has 4 rings (SSSR count). The highest BCUT2D eigenvalue weighted by molar-refractivity contribution is 5.90. The molecule has 1 saturated heterocycles. The van der Waals surface area contributed by atoms with E-state index < -0.39 is 5.82 Å². The van der Waals surface area contributed by atoms with Crippen LogP contribution in [0.15, 0.2) is 39.4 Å². The van der Waals surface area contributed by atoms with Gasteiger partial charge in [-0.3, -0.25) is 5.32 Å². The molecular weight excluding hydrogens is 351 g/mol. The average molecular weight is 370 g/mol. The van der Waals surface area contributed by atoms with Crippen molar-refractivity contribution in [2.24, 2.45) is 0 Å². The van der Waals surface area contributed by atoms with Gasteiger partial charge in [-0.1, -0.05) is 22.4 Å². The Balaban J connectivity index is 1.54. The van der Waals surface area contributed by atoms with Crippen molar-refractivity contribution in [1.82, 2.24) is 15.2 Å². The predicted molar refractivity (Wildman–Crippen MR) is 95.6 cm³/mol. The number of amides is 2. The summed E-state index contributed by atoms with van der Waals surface area (Å²) in [6, 6.07) is 7.65. The van der Waals surface area contributed by atoms with Gasteiger partial charge in [0, 0.05) is 18.2 Å². The number of anilines is 1. The molecule has 1 fully saturated rings. The molecule has 1 aliphatic heterocycles. The van der Waals surface area contributed by atoms with Crippen LogP contribution in [0.5, 0.6) is 0 Å². The van der Waals surface area contributed by atoms with Crippen LogP contribution in [0.2, 0.25) is 0 Å². The number of nitrogens with zero attached hydrogens (tertiary/aromatic N) is 3. The molecule has 3 aromatic rings. The zero-order valence-electron chi connectivity index (χ0n) is 15.0. The lowest BCUT2D eigenvalue weighted by atomic mass is 10.1. The molecule has 1 unspecified atom stereocenters. The molecular formula is C19H19FN4O3. The first-order valence-electron chi connectivity index (χ1n) is 8.76. The normalized spacial score (nSPS) is 16.7. The monoisotopic (exact) mass is 370 g/mol. The van der Waals surface area contributed by atoms with Crippen LogP contribution in [0.3, 0.4) is 0 Å². The second-order valence-corrected chi connectivity index (χ2v) is 6.62. The maximum atomic E-state index is 14.0. The summed E-state index contributed by atoms with van der Waals surface area (Å²) in [6.07, 6.45) is 1.68. The molecule has 2 amide bonds. The van der Waals surface area contributed by atoms with Crippen molar-refractivity contribution in [3.8, 4) is 11.3 Å². The molecule has 8 heteroatoms. The zero-order chi connectivity index (χ0) is 19.0. The molecule has 7 nitrogen and oxygen atoms in total. The van der Waals surface area contributed by atoms with Crippen LogP contribution in [0.1, 0.15) is 35.9 Å². The third-order valence-corrected chi connectivity index (χ3v) is 4.76. The molecule has 0 radical (unpaired) electrons. The highest BCUT2D eigenvalue weighted by Gasteiger charge is 2.33. The van der Waals surface area contributed by atoms with E-state index >= 15 is 0 Å². The fourth-order valence-electron chi connectivity index (χ4n) is 3.37. The van der Waals surface area contributed by atoms with E-state index in [-0.39, 0.29) is 17.9 Å². The van der Waals surface area contributed by atoms with E-state index in [1.54, 1.807) is 30.0 Å². The molecule has 1 atom stereocenters. The van der Waals surface area contributed by atoms with Crippen LogP contribution < -0.4 is 5.32 Å². The van der Waals surface area contributed by atoms with Gasteiger partial charge in [-0.2, -0.15) is 0 Å². The maximum Gasteiger partial charge on any atom is 0.323 e. The zero-order valence-corrected chi connectivity index (χ0v) is 15.0. The lowest BCUT2D eigenvalue weighted by Gasteiger charge is -2.22. The summed E-state index contributed by atoms with van der Waals surface area (Å²) >= 11 is 0. The van der Waals surface area contributed by atoms with Gasteiger partial charge < -0.3 is 13.9 Å². The minimum absolute atomic E-state index is 0.163. The van der Waals surface area contributed by atoms with Gasteiger partial charge in [0.2, 0.25) is 0 Å². The molecule has 3 heterocycles. The first kappa shape index (κ1) is 17.3. The van der Waals surface area contributed by atoms with Crippen molar-refractivity contribution in [2.45, 2.75) is 32.7 Å². The standard InChI is InChI=1S/C19H19FN4O3/c1-11-10-16(26-22-11)15-8-5-9-24(15)19(25)21-18-12(2)17(27-23-18)13-6-3-4-7-14(13)20/h3-4,6-7,10,15H,5,8-9H2,1-2H3,(H,21,23,25). The molecule has 0 saturated carbocycles. The van der Waals surface area contributed by atoms with Gasteiger partial charge in [0.15, 0.2) is 17.3 Å². The Hall–Kier alpha value is -3.16. The first-order chi connectivity index (χ1) is 13.0. The van der Waals surface area contributed by atoms with Gasteiger partial charge in [-0.15, -0.1) is 0 Å². The number of benzene rings is 1. The van der Waals surface area contributed by atoms with E-state index in [0.717, 1.165) is 18.5 Å². The Kier molecular flexibility index (Phi) is 4.39. The predicted octanol–water partition coefficient (Wildman–Crippen LogP) is 4.45. The summed E-state index contributed by atoms with van der Waals surface area (Å²) < 4.78 is 24.6. The first-order valence-corrected chi connectivity index (χ1v) is 8.76. The smallest absolute Gasteiger partial charge is 0.323 e. The minimum atomic E-state index is -0.407. The summed E-state index contributed by atoms with van der Waals surface area (Å²) in [5.41, 5.74) is 1.65. The number of aryl methyl sites for hydroxylation is 1. The summed E-state index contributed by atoms with van der Waals surface area (Å²) in [5, 5.41) is 10.6. The summed E-state index contributed by atoms with van der Waals surface area (Å²) in [4.78, 5) is 14.5. The quantitative estimate of drug-likeness (QED) is 0.736. The Morgan fingerprint density at radius 1 is 1.26 bits per heavy atom. The molecule has 140 valence electrons. The highest BCUT2D eigenvalue weighted by Crippen LogP contribution is 2.34. The summed E-state index contributed by atoms with van der Waals surface area (Å²) in [6.45, 7) is 4.18. The fourth-order valence-corrected chi connectivity index (χ4v) is 3.37. The van der Waals surface area contributed by atoms with Crippen LogP contribution in [0.25, 0.3) is 11.3 Å². The van der Waals surface area contributed by atoms with E-state index in [1.165, 1.54) is 6.07 Å². The third kappa shape index (κ3) is 3.18. The van der Waals surface area contributed by atoms with Gasteiger partial charge in [0.25, 0.3) is 0 Å². The van der Waals surface area contributed by atoms with Crippen LogP contribution in [-0.4, -0.2) is 27.8 Å². The lowest BCUT2D eigenvalue weighted by Crippen LogP contribution is -2.34. The number of carbonyl (C=O) groups is 1. The van der Waals surface area contributed by atoms with Crippen molar-refractivity contribution >= 4 is 11.8 Å². The molecule has 0 aliphatic carbocycles. The number of carbonyl (C=O) groups excluding carboxylic acids is 1. The maximum absolute atomic E-state index is 14.0. The van der Waals surface area contributed by atoms with Crippen LogP contribution >= 0.6 is 0 Å². The number of rotatable bonds is 3. The van der Waals surface area contributed by atoms with Crippen molar-refractivity contribution < 1.29 is 18.2 Å². The van der Waals surface area contributed by atoms with Crippen molar-refractivity contribution in [3.63, 3.8) is 0 Å². The average Bonchev–Trinajstić information content (AvgIpc) is 3.37. The van der Waals surface area contributed by atoms with Gasteiger partial charge in [-0.25, -0.2) is 9.18 Å². The molecule has 0 bridgehead atoms. The van der Waals surface area contributed by atoms with Crippen LogP contribution in [-0.2, 0) is 0 Å². The number of nitrogens with one attached hydrogen (secondary N) is 1. The molecule has 1 aliphatic rings. The van der Waals surface area contributed by atoms with Gasteiger partial charge in [-0.05, 0) is 38.8 Å². The summed E-state index contributed by atoms with van der Waals surface area (Å²) in [7, 11) is 0. The second kappa shape index (κ2) is 6.86. The SMILES string of the molecule is Cc1cc(C2CCCN2C(=O)Nc2noc(-c3ccccc3F)c2C)on1. The lowest BCUT2D eigenvalue weighted by molar-refractivity contribution is 0.195. The Morgan fingerprint density at radius 3 is 2.81 bits per heavy atom. The molecule has 27 heavy (non-hydrogen) atoms. The van der Waals surface area contributed by atoms with Gasteiger partial charge >= 0.3 is 6.03 Å². The molecule has 0 spiro atoms. The van der Waals surface area contributed by atoms with E-state index in [2.05, 4.69) is 15.6 Å². The van der Waals surface area contributed by atoms with Gasteiger partial charge in [0.05, 0.1) is 17.3 Å². The molecule has 1 N–H and O–H groups in total. The fraction of sp³-hybridized carbons (Fsp3) is 0.316. The van der Waals surface area contributed by atoms with E-state index in [1.807, 2.05) is 13.0 Å². The largest absolute Gasteiger partial charge is 0.359 e. The summed E-state index contributed by atoms with van der Waals surface area (Å²) in [5.74, 6) is 0.837. The number of hydrogen-bond donors (Lipinski definition) is 1. The topological polar surface area (TPSA) is 84.4 Å². The number of likely N-dealkylation sites (tertiary alicyclic amines) is 1. The van der Waals surface area contributed by atoms with E-state index in [4.69, 9.17) is 9.05 Å². The minimum Gasteiger partial charge on any atom is -0.359 e. The van der Waals surface area contributed by atoms with Crippen molar-refractivity contribution in [2.75, 3.05) is 11.9 Å². The Labute approximate surface area is 155 Å². The van der Waals surface area contributed by atoms with Crippen LogP contribution in [0.4, 0.5) is 15.0 Å². The van der Waals surface area contributed by atoms with Crippen LogP contribution in [0, 0.1) is 19.7 Å². The Morgan fingerprint density at radius 2 is 2.07 bits per heavy atom. The third-order valence-electron chi connectivity index (χ3n) is 4.76. The second-order valence-electron chi connectivity index (χ2n) is 6.62. The number of halogens is 1. The highest BCUT2D eigenvalue weighted by atomic mass is 19.1. The number of aromatic nitrogens is 2.